The summed E-state index contributed by atoms with van der Waals surface area (Å²) in [5.74, 6) is -0.0399. The van der Waals surface area contributed by atoms with E-state index in [1.165, 1.54) is 0 Å². The number of rotatable bonds is 4. The van der Waals surface area contributed by atoms with Gasteiger partial charge in [0.2, 0.25) is 9.05 Å². The van der Waals surface area contributed by atoms with E-state index in [1.807, 2.05) is 13.8 Å². The topological polar surface area (TPSA) is 57.9 Å². The van der Waals surface area contributed by atoms with Gasteiger partial charge in [-0.15, -0.1) is 0 Å². The van der Waals surface area contributed by atoms with Gasteiger partial charge in [-0.05, 0) is 25.2 Å². The zero-order valence-electron chi connectivity index (χ0n) is 8.33. The molecule has 1 rings (SSSR count). The first-order chi connectivity index (χ1) is 6.32. The molecule has 14 heavy (non-hydrogen) atoms. The predicted molar refractivity (Wildman–Crippen MR) is 55.3 cm³/mol. The van der Waals surface area contributed by atoms with Crippen LogP contribution < -0.4 is 0 Å². The Bertz CT molecular complexity index is 351. The summed E-state index contributed by atoms with van der Waals surface area (Å²) in [7, 11) is 1.85. The van der Waals surface area contributed by atoms with E-state index in [1.54, 1.807) is 0 Å². The van der Waals surface area contributed by atoms with Crippen LogP contribution in [0.1, 0.15) is 33.1 Å². The van der Waals surface area contributed by atoms with Gasteiger partial charge in [0, 0.05) is 10.7 Å². The van der Waals surface area contributed by atoms with Crippen LogP contribution in [0.15, 0.2) is 0 Å². The highest BCUT2D eigenvalue weighted by Gasteiger charge is 2.54. The van der Waals surface area contributed by atoms with Crippen molar-refractivity contribution in [3.8, 4) is 6.07 Å². The molecule has 1 fully saturated rings. The molecule has 0 bridgehead atoms. The van der Waals surface area contributed by atoms with Crippen molar-refractivity contribution in [1.82, 2.24) is 0 Å². The van der Waals surface area contributed by atoms with E-state index in [-0.39, 0.29) is 11.8 Å². The Morgan fingerprint density at radius 1 is 1.50 bits per heavy atom. The number of nitrogens with zero attached hydrogens (tertiary/aromatic N) is 1. The number of hydrogen-bond donors (Lipinski definition) is 0. The molecule has 0 aliphatic heterocycles. The van der Waals surface area contributed by atoms with Crippen LogP contribution in [0.25, 0.3) is 0 Å². The van der Waals surface area contributed by atoms with E-state index >= 15 is 0 Å². The summed E-state index contributed by atoms with van der Waals surface area (Å²) in [6, 6.07) is 2.15. The molecule has 80 valence electrons. The lowest BCUT2D eigenvalue weighted by molar-refractivity contribution is 0.428. The standard InChI is InChI=1S/C9H14ClNO2S/c1-7(2)8(6-11)5-9(3-4-9)14(10,12)13/h7-8H,3-5H2,1-2H3. The first kappa shape index (κ1) is 11.8. The van der Waals surface area contributed by atoms with E-state index in [0.29, 0.717) is 19.3 Å². The number of hydrogen-bond acceptors (Lipinski definition) is 3. The van der Waals surface area contributed by atoms with Gasteiger partial charge in [-0.3, -0.25) is 0 Å². The molecule has 0 spiro atoms. The molecule has 0 aromatic carbocycles. The number of nitriles is 1. The molecule has 1 atom stereocenters. The van der Waals surface area contributed by atoms with Crippen LogP contribution in [-0.2, 0) is 9.05 Å². The molecule has 0 radical (unpaired) electrons. The van der Waals surface area contributed by atoms with Crippen molar-refractivity contribution < 1.29 is 8.42 Å². The Balaban J connectivity index is 2.75. The van der Waals surface area contributed by atoms with Crippen LogP contribution in [-0.4, -0.2) is 13.2 Å². The smallest absolute Gasteiger partial charge is 0.212 e. The van der Waals surface area contributed by atoms with Gasteiger partial charge in [-0.1, -0.05) is 13.8 Å². The zero-order chi connectivity index (χ0) is 11.0. The van der Waals surface area contributed by atoms with Crippen LogP contribution in [0, 0.1) is 23.2 Å². The summed E-state index contributed by atoms with van der Waals surface area (Å²) in [6.07, 6.45) is 1.58. The minimum atomic E-state index is -3.51. The van der Waals surface area contributed by atoms with Crippen LogP contribution in [0.3, 0.4) is 0 Å². The van der Waals surface area contributed by atoms with Gasteiger partial charge in [-0.25, -0.2) is 8.42 Å². The predicted octanol–water partition coefficient (Wildman–Crippen LogP) is 2.27. The monoisotopic (exact) mass is 235 g/mol. The second-order valence-electron chi connectivity index (χ2n) is 4.30. The lowest BCUT2D eigenvalue weighted by atomic mass is 9.92. The Morgan fingerprint density at radius 2 is 2.00 bits per heavy atom. The fourth-order valence-electron chi connectivity index (χ4n) is 1.52. The van der Waals surface area contributed by atoms with E-state index in [2.05, 4.69) is 6.07 Å². The van der Waals surface area contributed by atoms with E-state index in [4.69, 9.17) is 15.9 Å². The Hall–Kier alpha value is -0.270. The molecule has 0 N–H and O–H groups in total. The van der Waals surface area contributed by atoms with Crippen LogP contribution in [0.5, 0.6) is 0 Å². The van der Waals surface area contributed by atoms with E-state index in [0.717, 1.165) is 0 Å². The summed E-state index contributed by atoms with van der Waals surface area (Å²) < 4.78 is 21.7. The van der Waals surface area contributed by atoms with Crippen LogP contribution >= 0.6 is 10.7 Å². The third-order valence-corrected chi connectivity index (χ3v) is 5.48. The van der Waals surface area contributed by atoms with Gasteiger partial charge in [-0.2, -0.15) is 5.26 Å². The summed E-state index contributed by atoms with van der Waals surface area (Å²) in [4.78, 5) is 0. The molecule has 0 amide bonds. The van der Waals surface area contributed by atoms with E-state index in [9.17, 15) is 8.42 Å². The molecular formula is C9H14ClNO2S. The molecule has 0 saturated heterocycles. The third kappa shape index (κ3) is 2.21. The maximum atomic E-state index is 11.2. The van der Waals surface area contributed by atoms with Gasteiger partial charge in [0.05, 0.1) is 16.7 Å². The van der Waals surface area contributed by atoms with Crippen LogP contribution in [0.2, 0.25) is 0 Å². The minimum Gasteiger partial charge on any atom is -0.212 e. The van der Waals surface area contributed by atoms with Crippen molar-refractivity contribution in [3.63, 3.8) is 0 Å². The summed E-state index contributed by atoms with van der Waals surface area (Å²) in [6.45, 7) is 3.84. The molecule has 3 nitrogen and oxygen atoms in total. The SMILES string of the molecule is CC(C)C(C#N)CC1(S(=O)(=O)Cl)CC1. The highest BCUT2D eigenvalue weighted by Crippen LogP contribution is 2.50. The molecule has 1 saturated carbocycles. The molecule has 1 aliphatic carbocycles. The fraction of sp³-hybridized carbons (Fsp3) is 0.889. The highest BCUT2D eigenvalue weighted by atomic mass is 35.7. The average Bonchev–Trinajstić information content (AvgIpc) is 2.78. The van der Waals surface area contributed by atoms with Crippen molar-refractivity contribution in [1.29, 1.82) is 5.26 Å². The molecule has 5 heteroatoms. The Kier molecular flexibility index (Phi) is 3.13. The molecule has 0 heterocycles. The number of halogens is 1. The molecule has 0 aromatic heterocycles. The third-order valence-electron chi connectivity index (χ3n) is 2.89. The maximum absolute atomic E-state index is 11.2. The quantitative estimate of drug-likeness (QED) is 0.703. The van der Waals surface area contributed by atoms with Crippen molar-refractivity contribution in [2.24, 2.45) is 11.8 Å². The Labute approximate surface area is 89.5 Å². The largest absolute Gasteiger partial charge is 0.238 e. The first-order valence-corrected chi connectivity index (χ1v) is 6.97. The van der Waals surface area contributed by atoms with Crippen LogP contribution in [0.4, 0.5) is 0 Å². The molecule has 1 unspecified atom stereocenters. The second kappa shape index (κ2) is 3.71. The maximum Gasteiger partial charge on any atom is 0.238 e. The van der Waals surface area contributed by atoms with E-state index < -0.39 is 13.8 Å². The summed E-state index contributed by atoms with van der Waals surface area (Å²) >= 11 is 0. The van der Waals surface area contributed by atoms with Gasteiger partial charge in [0.15, 0.2) is 0 Å². The van der Waals surface area contributed by atoms with Gasteiger partial charge < -0.3 is 0 Å². The van der Waals surface area contributed by atoms with Crippen molar-refractivity contribution in [3.05, 3.63) is 0 Å². The molecule has 0 aromatic rings. The summed E-state index contributed by atoms with van der Waals surface area (Å²) in [5, 5.41) is 8.87. The summed E-state index contributed by atoms with van der Waals surface area (Å²) in [5.41, 5.74) is 0. The van der Waals surface area contributed by atoms with Gasteiger partial charge >= 0.3 is 0 Å². The lowest BCUT2D eigenvalue weighted by Gasteiger charge is -2.18. The Morgan fingerprint density at radius 3 is 2.21 bits per heavy atom. The second-order valence-corrected chi connectivity index (χ2v) is 7.27. The van der Waals surface area contributed by atoms with Gasteiger partial charge in [0.1, 0.15) is 0 Å². The van der Waals surface area contributed by atoms with Crippen molar-refractivity contribution in [2.75, 3.05) is 0 Å². The van der Waals surface area contributed by atoms with Crippen molar-refractivity contribution >= 4 is 19.7 Å². The molecule has 1 aliphatic rings. The van der Waals surface area contributed by atoms with Gasteiger partial charge in [0.25, 0.3) is 0 Å². The first-order valence-electron chi connectivity index (χ1n) is 4.66. The fourth-order valence-corrected chi connectivity index (χ4v) is 3.14. The normalized spacial score (nSPS) is 21.6. The molecular weight excluding hydrogens is 222 g/mol. The lowest BCUT2D eigenvalue weighted by Crippen LogP contribution is -2.23. The average molecular weight is 236 g/mol. The zero-order valence-corrected chi connectivity index (χ0v) is 9.90. The van der Waals surface area contributed by atoms with Crippen molar-refractivity contribution in [2.45, 2.75) is 37.9 Å². The minimum absolute atomic E-state index is 0.177. The highest BCUT2D eigenvalue weighted by molar-refractivity contribution is 8.15.